The van der Waals surface area contributed by atoms with Gasteiger partial charge in [0.2, 0.25) is 0 Å². The molecule has 1 aromatic carbocycles. The second-order valence-corrected chi connectivity index (χ2v) is 3.68. The van der Waals surface area contributed by atoms with E-state index in [4.69, 9.17) is 9.84 Å². The molecule has 0 saturated carbocycles. The molecular formula is C12H17NO3. The summed E-state index contributed by atoms with van der Waals surface area (Å²) < 4.78 is 5.14. The predicted molar refractivity (Wildman–Crippen MR) is 62.0 cm³/mol. The molecular weight excluding hydrogens is 206 g/mol. The van der Waals surface area contributed by atoms with Crippen LogP contribution in [0.4, 0.5) is 0 Å². The maximum Gasteiger partial charge on any atom is 0.312 e. The first-order chi connectivity index (χ1) is 7.60. The minimum Gasteiger partial charge on any atom is -0.496 e. The maximum atomic E-state index is 11.1. The van der Waals surface area contributed by atoms with E-state index in [1.807, 2.05) is 13.0 Å². The van der Waals surface area contributed by atoms with E-state index in [0.29, 0.717) is 6.54 Å². The van der Waals surface area contributed by atoms with Crippen LogP contribution in [-0.2, 0) is 4.79 Å². The minimum absolute atomic E-state index is 0.418. The zero-order chi connectivity index (χ0) is 12.1. The summed E-state index contributed by atoms with van der Waals surface area (Å²) in [5, 5.41) is 12.0. The number of benzene rings is 1. The van der Waals surface area contributed by atoms with E-state index in [-0.39, 0.29) is 0 Å². The Morgan fingerprint density at radius 2 is 2.25 bits per heavy atom. The highest BCUT2D eigenvalue weighted by molar-refractivity contribution is 5.76. The summed E-state index contributed by atoms with van der Waals surface area (Å²) in [5.74, 6) is -0.564. The van der Waals surface area contributed by atoms with Crippen molar-refractivity contribution in [1.29, 1.82) is 0 Å². The Kier molecular flexibility index (Phi) is 4.31. The first-order valence-corrected chi connectivity index (χ1v) is 5.12. The number of aliphatic carboxylic acids is 1. The lowest BCUT2D eigenvalue weighted by Crippen LogP contribution is -2.24. The number of likely N-dealkylation sites (N-methyl/N-ethyl adjacent to an activating group) is 1. The molecule has 16 heavy (non-hydrogen) atoms. The van der Waals surface area contributed by atoms with Gasteiger partial charge in [-0.25, -0.2) is 0 Å². The van der Waals surface area contributed by atoms with Crippen LogP contribution in [-0.4, -0.2) is 31.8 Å². The van der Waals surface area contributed by atoms with Gasteiger partial charge in [0.25, 0.3) is 0 Å². The number of carboxylic acid groups (broad SMARTS) is 1. The summed E-state index contributed by atoms with van der Waals surface area (Å²) in [5.41, 5.74) is 1.74. The molecule has 1 atom stereocenters. The molecule has 2 N–H and O–H groups in total. The fourth-order valence-electron chi connectivity index (χ4n) is 1.67. The molecule has 0 aliphatic carbocycles. The number of nitrogens with one attached hydrogen (secondary N) is 1. The molecule has 88 valence electrons. The summed E-state index contributed by atoms with van der Waals surface area (Å²) in [4.78, 5) is 11.1. The lowest BCUT2D eigenvalue weighted by molar-refractivity contribution is -0.138. The molecule has 0 saturated heterocycles. The molecule has 1 aromatic rings. The third-order valence-corrected chi connectivity index (χ3v) is 2.53. The summed E-state index contributed by atoms with van der Waals surface area (Å²) in [7, 11) is 3.34. The Balaban J connectivity index is 3.01. The molecule has 0 bridgehead atoms. The predicted octanol–water partition coefficient (Wildman–Crippen LogP) is 1.39. The first kappa shape index (κ1) is 12.5. The van der Waals surface area contributed by atoms with Crippen molar-refractivity contribution in [3.63, 3.8) is 0 Å². The molecule has 0 heterocycles. The molecule has 1 rings (SSSR count). The molecule has 4 heteroatoms. The number of rotatable bonds is 5. The van der Waals surface area contributed by atoms with Crippen LogP contribution < -0.4 is 10.1 Å². The molecule has 0 fully saturated rings. The van der Waals surface area contributed by atoms with Gasteiger partial charge in [0.1, 0.15) is 5.75 Å². The lowest BCUT2D eigenvalue weighted by Gasteiger charge is -2.14. The van der Waals surface area contributed by atoms with Crippen LogP contribution in [0.15, 0.2) is 18.2 Å². The third kappa shape index (κ3) is 2.73. The van der Waals surface area contributed by atoms with Gasteiger partial charge in [0.15, 0.2) is 0 Å². The number of carboxylic acids is 1. The van der Waals surface area contributed by atoms with Gasteiger partial charge >= 0.3 is 5.97 Å². The smallest absolute Gasteiger partial charge is 0.312 e. The van der Waals surface area contributed by atoms with Gasteiger partial charge in [-0.05, 0) is 31.2 Å². The molecule has 0 spiro atoms. The van der Waals surface area contributed by atoms with E-state index < -0.39 is 11.9 Å². The second kappa shape index (κ2) is 5.51. The third-order valence-electron chi connectivity index (χ3n) is 2.53. The van der Waals surface area contributed by atoms with Crippen molar-refractivity contribution in [2.24, 2.45) is 0 Å². The fourth-order valence-corrected chi connectivity index (χ4v) is 1.67. The average molecular weight is 223 g/mol. The van der Waals surface area contributed by atoms with Crippen molar-refractivity contribution in [1.82, 2.24) is 5.32 Å². The monoisotopic (exact) mass is 223 g/mol. The molecule has 0 radical (unpaired) electrons. The number of hydrogen-bond donors (Lipinski definition) is 2. The number of methoxy groups -OCH3 is 1. The number of hydrogen-bond acceptors (Lipinski definition) is 3. The van der Waals surface area contributed by atoms with Gasteiger partial charge < -0.3 is 15.2 Å². The van der Waals surface area contributed by atoms with Gasteiger partial charge in [-0.15, -0.1) is 0 Å². The lowest BCUT2D eigenvalue weighted by atomic mass is 9.97. The zero-order valence-corrected chi connectivity index (χ0v) is 9.78. The van der Waals surface area contributed by atoms with Crippen molar-refractivity contribution >= 4 is 5.97 Å². The molecule has 4 nitrogen and oxygen atoms in total. The van der Waals surface area contributed by atoms with E-state index in [9.17, 15) is 4.79 Å². The highest BCUT2D eigenvalue weighted by Gasteiger charge is 2.19. The van der Waals surface area contributed by atoms with Gasteiger partial charge in [0.05, 0.1) is 13.0 Å². The molecule has 1 unspecified atom stereocenters. The van der Waals surface area contributed by atoms with Gasteiger partial charge in [-0.3, -0.25) is 4.79 Å². The summed E-state index contributed by atoms with van der Waals surface area (Å²) >= 11 is 0. The minimum atomic E-state index is -0.820. The average Bonchev–Trinajstić information content (AvgIpc) is 2.25. The molecule has 0 aromatic heterocycles. The SMILES string of the molecule is CNCC(C(=O)O)c1ccc(OC)c(C)c1. The number of aryl methyl sites for hydroxylation is 1. The van der Waals surface area contributed by atoms with Crippen molar-refractivity contribution in [3.8, 4) is 5.75 Å². The van der Waals surface area contributed by atoms with E-state index in [1.165, 1.54) is 0 Å². The van der Waals surface area contributed by atoms with Crippen LogP contribution in [0, 0.1) is 6.92 Å². The first-order valence-electron chi connectivity index (χ1n) is 5.12. The quantitative estimate of drug-likeness (QED) is 0.792. The molecule has 0 aliphatic heterocycles. The standard InChI is InChI=1S/C12H17NO3/c1-8-6-9(4-5-11(8)16-3)10(7-13-2)12(14)15/h4-6,10,13H,7H2,1-3H3,(H,14,15). The second-order valence-electron chi connectivity index (χ2n) is 3.68. The van der Waals surface area contributed by atoms with Crippen LogP contribution in [0.1, 0.15) is 17.0 Å². The van der Waals surface area contributed by atoms with Gasteiger partial charge in [-0.2, -0.15) is 0 Å². The summed E-state index contributed by atoms with van der Waals surface area (Å²) in [6, 6.07) is 5.45. The maximum absolute atomic E-state index is 11.1. The summed E-state index contributed by atoms with van der Waals surface area (Å²) in [6.07, 6.45) is 0. The Hall–Kier alpha value is -1.55. The Morgan fingerprint density at radius 3 is 2.69 bits per heavy atom. The van der Waals surface area contributed by atoms with Crippen molar-refractivity contribution in [2.75, 3.05) is 20.7 Å². The van der Waals surface area contributed by atoms with E-state index in [2.05, 4.69) is 5.32 Å². The Morgan fingerprint density at radius 1 is 1.56 bits per heavy atom. The van der Waals surface area contributed by atoms with Crippen molar-refractivity contribution < 1.29 is 14.6 Å². The summed E-state index contributed by atoms with van der Waals surface area (Å²) in [6.45, 7) is 2.32. The van der Waals surface area contributed by atoms with Gasteiger partial charge in [-0.1, -0.05) is 12.1 Å². The van der Waals surface area contributed by atoms with E-state index in [0.717, 1.165) is 16.9 Å². The Bertz CT molecular complexity index is 377. The topological polar surface area (TPSA) is 58.6 Å². The van der Waals surface area contributed by atoms with Crippen LogP contribution in [0.2, 0.25) is 0 Å². The highest BCUT2D eigenvalue weighted by atomic mass is 16.5. The van der Waals surface area contributed by atoms with Crippen LogP contribution in [0.5, 0.6) is 5.75 Å². The molecule has 0 amide bonds. The van der Waals surface area contributed by atoms with Crippen LogP contribution in [0.25, 0.3) is 0 Å². The largest absolute Gasteiger partial charge is 0.496 e. The zero-order valence-electron chi connectivity index (χ0n) is 9.78. The Labute approximate surface area is 95.2 Å². The van der Waals surface area contributed by atoms with Crippen LogP contribution >= 0.6 is 0 Å². The highest BCUT2D eigenvalue weighted by Crippen LogP contribution is 2.23. The number of ether oxygens (including phenoxy) is 1. The number of carbonyl (C=O) groups is 1. The van der Waals surface area contributed by atoms with Crippen molar-refractivity contribution in [2.45, 2.75) is 12.8 Å². The van der Waals surface area contributed by atoms with Crippen molar-refractivity contribution in [3.05, 3.63) is 29.3 Å². The van der Waals surface area contributed by atoms with Crippen LogP contribution in [0.3, 0.4) is 0 Å². The van der Waals surface area contributed by atoms with Gasteiger partial charge in [0, 0.05) is 6.54 Å². The van der Waals surface area contributed by atoms with E-state index in [1.54, 1.807) is 26.3 Å². The normalized spacial score (nSPS) is 12.2. The molecule has 0 aliphatic rings. The fraction of sp³-hybridized carbons (Fsp3) is 0.417. The van der Waals surface area contributed by atoms with E-state index >= 15 is 0 Å².